The van der Waals surface area contributed by atoms with E-state index in [1.54, 1.807) is 18.4 Å². The molecule has 102 valence electrons. The van der Waals surface area contributed by atoms with Gasteiger partial charge in [-0.1, -0.05) is 18.7 Å². The quantitative estimate of drug-likeness (QED) is 0.593. The van der Waals surface area contributed by atoms with Gasteiger partial charge in [-0.3, -0.25) is 4.79 Å². The predicted octanol–water partition coefficient (Wildman–Crippen LogP) is 0.556. The fraction of sp³-hybridized carbons (Fsp3) is 0.364. The lowest BCUT2D eigenvalue weighted by Gasteiger charge is -2.03. The Morgan fingerprint density at radius 3 is 3.05 bits per heavy atom. The minimum Gasteiger partial charge on any atom is -0.467 e. The highest BCUT2D eigenvalue weighted by molar-refractivity contribution is 7.99. The third-order valence-electron chi connectivity index (χ3n) is 2.42. The number of nitrogens with two attached hydrogens (primary N) is 1. The molecule has 2 aromatic rings. The highest BCUT2D eigenvalue weighted by Crippen LogP contribution is 2.14. The van der Waals surface area contributed by atoms with Crippen LogP contribution in [-0.4, -0.2) is 26.5 Å². The first-order valence-electron chi connectivity index (χ1n) is 5.82. The zero-order valence-corrected chi connectivity index (χ0v) is 11.3. The van der Waals surface area contributed by atoms with Crippen LogP contribution in [0.4, 0.5) is 0 Å². The molecular formula is C11H15N5O2S. The van der Waals surface area contributed by atoms with E-state index in [1.807, 2.05) is 6.92 Å². The Morgan fingerprint density at radius 2 is 2.42 bits per heavy atom. The van der Waals surface area contributed by atoms with Gasteiger partial charge in [0.1, 0.15) is 5.76 Å². The minimum atomic E-state index is -0.109. The summed E-state index contributed by atoms with van der Waals surface area (Å²) in [6.07, 6.45) is 2.27. The molecule has 7 nitrogen and oxygen atoms in total. The first kappa shape index (κ1) is 13.5. The number of nitrogens with one attached hydrogen (secondary N) is 1. The molecule has 0 aromatic carbocycles. The number of rotatable bonds is 6. The van der Waals surface area contributed by atoms with E-state index in [1.165, 1.54) is 16.4 Å². The van der Waals surface area contributed by atoms with Gasteiger partial charge in [-0.25, -0.2) is 4.68 Å². The SMILES string of the molecule is CCc1nnc(SCC(=O)NCc2ccco2)n1N. The number of hydrogen-bond acceptors (Lipinski definition) is 6. The number of thioether (sulfide) groups is 1. The fourth-order valence-corrected chi connectivity index (χ4v) is 2.13. The summed E-state index contributed by atoms with van der Waals surface area (Å²) in [6.45, 7) is 2.32. The molecule has 0 saturated carbocycles. The Labute approximate surface area is 114 Å². The molecule has 0 aliphatic carbocycles. The number of aryl methyl sites for hydroxylation is 1. The Balaban J connectivity index is 1.78. The van der Waals surface area contributed by atoms with Crippen LogP contribution in [0.15, 0.2) is 28.0 Å². The van der Waals surface area contributed by atoms with E-state index in [2.05, 4.69) is 15.5 Å². The molecule has 3 N–H and O–H groups in total. The molecule has 0 radical (unpaired) electrons. The smallest absolute Gasteiger partial charge is 0.230 e. The highest BCUT2D eigenvalue weighted by Gasteiger charge is 2.11. The maximum absolute atomic E-state index is 11.6. The molecule has 0 aliphatic rings. The van der Waals surface area contributed by atoms with E-state index in [0.29, 0.717) is 29.7 Å². The number of nitrogen functional groups attached to an aromatic ring is 1. The average molecular weight is 281 g/mol. The average Bonchev–Trinajstić information content (AvgIpc) is 3.04. The van der Waals surface area contributed by atoms with Crippen molar-refractivity contribution in [1.29, 1.82) is 0 Å². The molecule has 0 atom stereocenters. The number of furan rings is 1. The van der Waals surface area contributed by atoms with Crippen molar-refractivity contribution < 1.29 is 9.21 Å². The van der Waals surface area contributed by atoms with Gasteiger partial charge in [0.05, 0.1) is 18.6 Å². The summed E-state index contributed by atoms with van der Waals surface area (Å²) >= 11 is 1.25. The zero-order chi connectivity index (χ0) is 13.7. The minimum absolute atomic E-state index is 0.109. The molecule has 0 fully saturated rings. The number of hydrogen-bond donors (Lipinski definition) is 2. The second kappa shape index (κ2) is 6.28. The van der Waals surface area contributed by atoms with Crippen molar-refractivity contribution in [1.82, 2.24) is 20.2 Å². The summed E-state index contributed by atoms with van der Waals surface area (Å²) in [7, 11) is 0. The van der Waals surface area contributed by atoms with Crippen molar-refractivity contribution in [2.45, 2.75) is 25.0 Å². The number of carbonyl (C=O) groups excluding carboxylic acids is 1. The predicted molar refractivity (Wildman–Crippen MR) is 70.8 cm³/mol. The lowest BCUT2D eigenvalue weighted by Crippen LogP contribution is -2.24. The lowest BCUT2D eigenvalue weighted by molar-refractivity contribution is -0.118. The Hall–Kier alpha value is -1.96. The first-order chi connectivity index (χ1) is 9.20. The standard InChI is InChI=1S/C11H15N5O2S/c1-2-9-14-15-11(16(9)12)19-7-10(17)13-6-8-4-3-5-18-8/h3-5H,2,6-7,12H2,1H3,(H,13,17). The van der Waals surface area contributed by atoms with Crippen molar-refractivity contribution >= 4 is 17.7 Å². The van der Waals surface area contributed by atoms with Crippen LogP contribution in [0.5, 0.6) is 0 Å². The third-order valence-corrected chi connectivity index (χ3v) is 3.37. The summed E-state index contributed by atoms with van der Waals surface area (Å²) in [5.74, 6) is 7.31. The molecule has 0 spiro atoms. The maximum Gasteiger partial charge on any atom is 0.230 e. The van der Waals surface area contributed by atoms with Gasteiger partial charge < -0.3 is 15.6 Å². The highest BCUT2D eigenvalue weighted by atomic mass is 32.2. The molecule has 0 unspecified atom stereocenters. The van der Waals surface area contributed by atoms with Gasteiger partial charge in [0.15, 0.2) is 5.82 Å². The Morgan fingerprint density at radius 1 is 1.58 bits per heavy atom. The molecule has 2 aromatic heterocycles. The summed E-state index contributed by atoms with van der Waals surface area (Å²) in [6, 6.07) is 3.58. The van der Waals surface area contributed by atoms with Crippen LogP contribution in [0.2, 0.25) is 0 Å². The lowest BCUT2D eigenvalue weighted by atomic mass is 10.4. The van der Waals surface area contributed by atoms with Crippen LogP contribution < -0.4 is 11.2 Å². The molecular weight excluding hydrogens is 266 g/mol. The van der Waals surface area contributed by atoms with Crippen LogP contribution in [0.25, 0.3) is 0 Å². The van der Waals surface area contributed by atoms with Gasteiger partial charge in [-0.05, 0) is 12.1 Å². The zero-order valence-electron chi connectivity index (χ0n) is 10.5. The van der Waals surface area contributed by atoms with Crippen LogP contribution in [0.3, 0.4) is 0 Å². The second-order valence-electron chi connectivity index (χ2n) is 3.77. The second-order valence-corrected chi connectivity index (χ2v) is 4.71. The molecule has 0 saturated heterocycles. The van der Waals surface area contributed by atoms with Gasteiger partial charge >= 0.3 is 0 Å². The summed E-state index contributed by atoms with van der Waals surface area (Å²) in [5.41, 5.74) is 0. The molecule has 0 aliphatic heterocycles. The number of carbonyl (C=O) groups is 1. The van der Waals surface area contributed by atoms with Gasteiger partial charge in [-0.2, -0.15) is 0 Å². The van der Waals surface area contributed by atoms with Crippen molar-refractivity contribution in [3.8, 4) is 0 Å². The Bertz CT molecular complexity index is 537. The van der Waals surface area contributed by atoms with E-state index in [9.17, 15) is 4.79 Å². The van der Waals surface area contributed by atoms with Gasteiger partial charge in [-0.15, -0.1) is 10.2 Å². The Kier molecular flexibility index (Phi) is 4.45. The van der Waals surface area contributed by atoms with Crippen molar-refractivity contribution in [3.63, 3.8) is 0 Å². The molecule has 2 rings (SSSR count). The van der Waals surface area contributed by atoms with E-state index < -0.39 is 0 Å². The molecule has 2 heterocycles. The van der Waals surface area contributed by atoms with Crippen molar-refractivity contribution in [2.24, 2.45) is 0 Å². The fourth-order valence-electron chi connectivity index (χ4n) is 1.43. The number of aromatic nitrogens is 3. The monoisotopic (exact) mass is 281 g/mol. The number of nitrogens with zero attached hydrogens (tertiary/aromatic N) is 3. The van der Waals surface area contributed by atoms with Crippen LogP contribution in [-0.2, 0) is 17.8 Å². The van der Waals surface area contributed by atoms with Crippen molar-refractivity contribution in [2.75, 3.05) is 11.6 Å². The van der Waals surface area contributed by atoms with E-state index in [0.717, 1.165) is 0 Å². The van der Waals surface area contributed by atoms with Gasteiger partial charge in [0.2, 0.25) is 11.1 Å². The molecule has 19 heavy (non-hydrogen) atoms. The van der Waals surface area contributed by atoms with Crippen LogP contribution in [0, 0.1) is 0 Å². The van der Waals surface area contributed by atoms with Crippen LogP contribution in [0.1, 0.15) is 18.5 Å². The first-order valence-corrected chi connectivity index (χ1v) is 6.80. The van der Waals surface area contributed by atoms with E-state index in [-0.39, 0.29) is 11.7 Å². The van der Waals surface area contributed by atoms with Crippen LogP contribution >= 0.6 is 11.8 Å². The largest absolute Gasteiger partial charge is 0.467 e. The molecule has 1 amide bonds. The summed E-state index contributed by atoms with van der Waals surface area (Å²) < 4.78 is 6.52. The van der Waals surface area contributed by atoms with Crippen molar-refractivity contribution in [3.05, 3.63) is 30.0 Å². The maximum atomic E-state index is 11.6. The summed E-state index contributed by atoms with van der Waals surface area (Å²) in [4.78, 5) is 11.6. The number of amides is 1. The summed E-state index contributed by atoms with van der Waals surface area (Å²) in [5, 5.41) is 11.1. The van der Waals surface area contributed by atoms with Gasteiger partial charge in [0, 0.05) is 6.42 Å². The molecule has 8 heteroatoms. The normalized spacial score (nSPS) is 10.6. The third kappa shape index (κ3) is 3.50. The topological polar surface area (TPSA) is 99.0 Å². The van der Waals surface area contributed by atoms with E-state index in [4.69, 9.17) is 10.3 Å². The van der Waals surface area contributed by atoms with Gasteiger partial charge in [0.25, 0.3) is 0 Å². The molecule has 0 bridgehead atoms. The van der Waals surface area contributed by atoms with E-state index >= 15 is 0 Å².